The smallest absolute Gasteiger partial charge is 0.227 e. The minimum Gasteiger partial charge on any atom is -0.492 e. The first-order chi connectivity index (χ1) is 13.3. The molecule has 6 heteroatoms. The molecule has 0 atom stereocenters. The normalized spacial score (nSPS) is 12.4. The van der Waals surface area contributed by atoms with Gasteiger partial charge in [0.2, 0.25) is 11.8 Å². The van der Waals surface area contributed by atoms with Crippen molar-refractivity contribution in [3.63, 3.8) is 0 Å². The van der Waals surface area contributed by atoms with Gasteiger partial charge in [-0.3, -0.25) is 0 Å². The van der Waals surface area contributed by atoms with Crippen molar-refractivity contribution in [1.29, 1.82) is 0 Å². The third-order valence-corrected chi connectivity index (χ3v) is 4.65. The van der Waals surface area contributed by atoms with Gasteiger partial charge in [-0.1, -0.05) is 18.2 Å². The second kappa shape index (κ2) is 7.61. The van der Waals surface area contributed by atoms with Crippen LogP contribution in [0.25, 0.3) is 11.1 Å². The highest BCUT2D eigenvalue weighted by Gasteiger charge is 2.20. The number of ether oxygens (including phenoxy) is 2. The molecular weight excluding hydrogens is 340 g/mol. The molecule has 1 aliphatic heterocycles. The van der Waals surface area contributed by atoms with Gasteiger partial charge in [-0.15, -0.1) is 0 Å². The molecule has 27 heavy (non-hydrogen) atoms. The van der Waals surface area contributed by atoms with Gasteiger partial charge < -0.3 is 14.4 Å². The molecule has 1 aromatic carbocycles. The molecule has 0 radical (unpaired) electrons. The molecule has 0 fully saturated rings. The Morgan fingerprint density at radius 3 is 2.56 bits per heavy atom. The maximum absolute atomic E-state index is 6.02. The lowest BCUT2D eigenvalue weighted by Crippen LogP contribution is -2.23. The minimum absolute atomic E-state index is 0.514. The predicted molar refractivity (Wildman–Crippen MR) is 105 cm³/mol. The Labute approximate surface area is 158 Å². The Morgan fingerprint density at radius 1 is 1.00 bits per heavy atom. The van der Waals surface area contributed by atoms with Crippen molar-refractivity contribution in [2.45, 2.75) is 20.3 Å². The predicted octanol–water partition coefficient (Wildman–Crippen LogP) is 4.11. The summed E-state index contributed by atoms with van der Waals surface area (Å²) in [6.07, 6.45) is 6.02. The summed E-state index contributed by atoms with van der Waals surface area (Å²) < 4.78 is 11.9. The number of hydrogen-bond acceptors (Lipinski definition) is 6. The number of aromatic nitrogens is 3. The van der Waals surface area contributed by atoms with Crippen LogP contribution in [0.2, 0.25) is 0 Å². The third kappa shape index (κ3) is 3.43. The molecule has 0 spiro atoms. The van der Waals surface area contributed by atoms with E-state index < -0.39 is 0 Å². The van der Waals surface area contributed by atoms with Gasteiger partial charge in [0, 0.05) is 36.8 Å². The molecule has 0 saturated carbocycles. The van der Waals surface area contributed by atoms with Crippen LogP contribution in [0, 0.1) is 0 Å². The molecule has 4 rings (SSSR count). The summed E-state index contributed by atoms with van der Waals surface area (Å²) in [5, 5.41) is 0. The summed E-state index contributed by atoms with van der Waals surface area (Å²) in [6.45, 7) is 6.60. The zero-order valence-corrected chi connectivity index (χ0v) is 15.6. The van der Waals surface area contributed by atoms with Crippen molar-refractivity contribution in [2.24, 2.45) is 0 Å². The van der Waals surface area contributed by atoms with Gasteiger partial charge in [-0.05, 0) is 31.5 Å². The van der Waals surface area contributed by atoms with E-state index in [0.717, 1.165) is 36.4 Å². The summed E-state index contributed by atoms with van der Waals surface area (Å²) in [7, 11) is 0. The highest BCUT2D eigenvalue weighted by Crippen LogP contribution is 2.40. The van der Waals surface area contributed by atoms with Gasteiger partial charge >= 0.3 is 0 Å². The molecule has 0 saturated heterocycles. The van der Waals surface area contributed by atoms with Gasteiger partial charge in [-0.25, -0.2) is 15.0 Å². The number of anilines is 1. The molecular formula is C21H22N4O2. The monoisotopic (exact) mass is 362 g/mol. The number of rotatable bonds is 6. The molecule has 0 bridgehead atoms. The zero-order valence-electron chi connectivity index (χ0n) is 15.6. The number of nitrogens with zero attached hydrogens (tertiary/aromatic N) is 4. The van der Waals surface area contributed by atoms with Crippen molar-refractivity contribution in [1.82, 2.24) is 15.0 Å². The van der Waals surface area contributed by atoms with Crippen LogP contribution in [0.15, 0.2) is 48.9 Å². The summed E-state index contributed by atoms with van der Waals surface area (Å²) in [5.41, 5.74) is 3.10. The molecule has 0 amide bonds. The fourth-order valence-corrected chi connectivity index (χ4v) is 3.25. The lowest BCUT2D eigenvalue weighted by atomic mass is 10.0. The fourth-order valence-electron chi connectivity index (χ4n) is 3.25. The second-order valence-corrected chi connectivity index (χ2v) is 6.24. The van der Waals surface area contributed by atoms with Crippen LogP contribution < -0.4 is 14.4 Å². The van der Waals surface area contributed by atoms with E-state index in [9.17, 15) is 0 Å². The van der Waals surface area contributed by atoms with E-state index in [1.54, 1.807) is 18.6 Å². The molecule has 2 aromatic heterocycles. The van der Waals surface area contributed by atoms with Crippen molar-refractivity contribution in [2.75, 3.05) is 24.6 Å². The van der Waals surface area contributed by atoms with Gasteiger partial charge in [0.15, 0.2) is 5.75 Å². The summed E-state index contributed by atoms with van der Waals surface area (Å²) in [6, 6.07) is 10.1. The molecule has 138 valence electrons. The fraction of sp³-hybridized carbons (Fsp3) is 0.286. The van der Waals surface area contributed by atoms with Gasteiger partial charge in [-0.2, -0.15) is 0 Å². The second-order valence-electron chi connectivity index (χ2n) is 6.24. The SMILES string of the molecule is CCN(CC)c1ncc(Oc2ncccc2-c2cccc3c2OCC3)cn1. The van der Waals surface area contributed by atoms with E-state index >= 15 is 0 Å². The van der Waals surface area contributed by atoms with Gasteiger partial charge in [0.1, 0.15) is 5.75 Å². The van der Waals surface area contributed by atoms with Crippen molar-refractivity contribution < 1.29 is 9.47 Å². The van der Waals surface area contributed by atoms with Crippen LogP contribution in [0.3, 0.4) is 0 Å². The number of hydrogen-bond donors (Lipinski definition) is 0. The Morgan fingerprint density at radius 2 is 1.78 bits per heavy atom. The highest BCUT2D eigenvalue weighted by molar-refractivity contribution is 5.76. The summed E-state index contributed by atoms with van der Waals surface area (Å²) in [5.74, 6) is 2.69. The first-order valence-electron chi connectivity index (χ1n) is 9.25. The van der Waals surface area contributed by atoms with Gasteiger partial charge in [0.05, 0.1) is 19.0 Å². The molecule has 3 aromatic rings. The van der Waals surface area contributed by atoms with E-state index in [4.69, 9.17) is 9.47 Å². The Kier molecular flexibility index (Phi) is 4.87. The molecule has 0 N–H and O–H groups in total. The Hall–Kier alpha value is -3.15. The van der Waals surface area contributed by atoms with Crippen molar-refractivity contribution >= 4 is 5.95 Å². The maximum atomic E-state index is 6.02. The Balaban J connectivity index is 1.64. The lowest BCUT2D eigenvalue weighted by Gasteiger charge is -2.18. The van der Waals surface area contributed by atoms with Crippen LogP contribution >= 0.6 is 0 Å². The van der Waals surface area contributed by atoms with Gasteiger partial charge in [0.25, 0.3) is 0 Å². The van der Waals surface area contributed by atoms with Crippen LogP contribution in [-0.4, -0.2) is 34.6 Å². The van der Waals surface area contributed by atoms with E-state index in [1.807, 2.05) is 24.3 Å². The maximum Gasteiger partial charge on any atom is 0.227 e. The lowest BCUT2D eigenvalue weighted by molar-refractivity contribution is 0.357. The Bertz CT molecular complexity index is 924. The third-order valence-electron chi connectivity index (χ3n) is 4.65. The quantitative estimate of drug-likeness (QED) is 0.658. The topological polar surface area (TPSA) is 60.4 Å². The van der Waals surface area contributed by atoms with Crippen LogP contribution in [0.4, 0.5) is 5.95 Å². The molecule has 3 heterocycles. The van der Waals surface area contributed by atoms with E-state index in [2.05, 4.69) is 39.8 Å². The standard InChI is InChI=1S/C21H22N4O2/c1-3-25(4-2)21-23-13-16(14-24-21)27-20-18(9-6-11-22-20)17-8-5-7-15-10-12-26-19(15)17/h5-9,11,13-14H,3-4,10,12H2,1-2H3. The summed E-state index contributed by atoms with van der Waals surface area (Å²) >= 11 is 0. The largest absolute Gasteiger partial charge is 0.492 e. The molecule has 1 aliphatic rings. The number of fused-ring (bicyclic) bond motifs is 1. The molecule has 0 unspecified atom stereocenters. The average molecular weight is 362 g/mol. The minimum atomic E-state index is 0.514. The first-order valence-corrected chi connectivity index (χ1v) is 9.25. The summed E-state index contributed by atoms with van der Waals surface area (Å²) in [4.78, 5) is 15.3. The van der Waals surface area contributed by atoms with Crippen LogP contribution in [0.5, 0.6) is 17.4 Å². The van der Waals surface area contributed by atoms with Crippen molar-refractivity contribution in [3.05, 3.63) is 54.5 Å². The number of pyridine rings is 1. The van der Waals surface area contributed by atoms with Crippen molar-refractivity contribution in [3.8, 4) is 28.5 Å². The zero-order chi connectivity index (χ0) is 18.6. The van der Waals surface area contributed by atoms with Crippen LogP contribution in [0.1, 0.15) is 19.4 Å². The van der Waals surface area contributed by atoms with E-state index in [-0.39, 0.29) is 0 Å². The first kappa shape index (κ1) is 17.3. The molecule has 6 nitrogen and oxygen atoms in total. The van der Waals surface area contributed by atoms with E-state index in [0.29, 0.717) is 24.2 Å². The highest BCUT2D eigenvalue weighted by atomic mass is 16.5. The molecule has 0 aliphatic carbocycles. The number of benzene rings is 1. The van der Waals surface area contributed by atoms with E-state index in [1.165, 1.54) is 5.56 Å². The van der Waals surface area contributed by atoms with Crippen LogP contribution in [-0.2, 0) is 6.42 Å². The number of para-hydroxylation sites is 1. The average Bonchev–Trinajstić information content (AvgIpc) is 3.20.